The van der Waals surface area contributed by atoms with E-state index in [0.29, 0.717) is 35.2 Å². The standard InChI is InChI=1S/C48H55N7O5S/c1-5-23-50-46(3)21-28-53(29-22-46)38-18-25-54(26-19-38)45-51-41-14-11-35(31-40(41)43(52-45)48(32-56,60-39-12-13-39)37-9-7-6-8-10-37)36-15-20-47(4,33(2)30-36)61(58,59)55-27-17-34-16-24-49-44(57)42(34)55/h1,6-11,14-17,24,27,30-31,38-39,50,56H,12-13,18-23,25-26,28-29,32H2,2-4H3,(H,49,57)/t47-,48?/m0/s1. The molecule has 61 heavy (non-hydrogen) atoms. The lowest BCUT2D eigenvalue weighted by atomic mass is 9.85. The first-order valence-corrected chi connectivity index (χ1v) is 23.0. The number of benzene rings is 2. The molecule has 1 unspecified atom stereocenters. The molecule has 2 saturated heterocycles. The molecule has 4 aliphatic rings. The number of H-pyrrole nitrogens is 1. The van der Waals surface area contributed by atoms with E-state index in [9.17, 15) is 18.3 Å². The van der Waals surface area contributed by atoms with Crippen molar-refractivity contribution in [2.75, 3.05) is 44.2 Å². The molecule has 0 amide bonds. The third kappa shape index (κ3) is 7.42. The number of pyridine rings is 1. The summed E-state index contributed by atoms with van der Waals surface area (Å²) in [7, 11) is -4.05. The monoisotopic (exact) mass is 841 g/mol. The molecule has 3 aromatic heterocycles. The van der Waals surface area contributed by atoms with Crippen LogP contribution < -0.4 is 15.8 Å². The second kappa shape index (κ2) is 16.0. The molecule has 2 aliphatic carbocycles. The summed E-state index contributed by atoms with van der Waals surface area (Å²) in [5, 5.41) is 16.4. The number of aliphatic hydroxyl groups is 1. The van der Waals surface area contributed by atoms with Crippen LogP contribution in [-0.4, -0.2) is 99.1 Å². The summed E-state index contributed by atoms with van der Waals surface area (Å²) in [5.41, 5.74) is 3.02. The summed E-state index contributed by atoms with van der Waals surface area (Å²) in [4.78, 5) is 30.9. The molecular weight excluding hydrogens is 787 g/mol. The fourth-order valence-electron chi connectivity index (χ4n) is 9.55. The molecule has 2 aliphatic heterocycles. The van der Waals surface area contributed by atoms with E-state index in [-0.39, 0.29) is 30.2 Å². The van der Waals surface area contributed by atoms with E-state index in [2.05, 4.69) is 39.0 Å². The molecule has 318 valence electrons. The van der Waals surface area contributed by atoms with Crippen LogP contribution in [0.4, 0.5) is 5.95 Å². The Labute approximate surface area is 357 Å². The number of aliphatic hydroxyl groups excluding tert-OH is 1. The molecular formula is C48H55N7O5S. The molecule has 0 bridgehead atoms. The molecule has 0 radical (unpaired) electrons. The second-order valence-corrected chi connectivity index (χ2v) is 20.0. The quantitative estimate of drug-likeness (QED) is 0.126. The first-order chi connectivity index (χ1) is 29.4. The molecule has 2 aromatic carbocycles. The van der Waals surface area contributed by atoms with Gasteiger partial charge in [-0.2, -0.15) is 0 Å². The van der Waals surface area contributed by atoms with Crippen LogP contribution in [0.5, 0.6) is 0 Å². The van der Waals surface area contributed by atoms with Crippen molar-refractivity contribution in [1.29, 1.82) is 0 Å². The highest BCUT2D eigenvalue weighted by molar-refractivity contribution is 7.91. The zero-order chi connectivity index (χ0) is 42.6. The Morgan fingerprint density at radius 2 is 1.77 bits per heavy atom. The summed E-state index contributed by atoms with van der Waals surface area (Å²) in [5.74, 6) is 3.35. The number of nitrogens with zero attached hydrogens (tertiary/aromatic N) is 5. The number of terminal acetylenes is 1. The van der Waals surface area contributed by atoms with Gasteiger partial charge in [-0.15, -0.1) is 6.42 Å². The number of aromatic nitrogens is 4. The topological polar surface area (TPSA) is 146 Å². The van der Waals surface area contributed by atoms with Crippen molar-refractivity contribution in [3.05, 3.63) is 118 Å². The molecule has 5 heterocycles. The lowest BCUT2D eigenvalue weighted by molar-refractivity contribution is -0.0672. The average Bonchev–Trinajstić information content (AvgIpc) is 3.99. The van der Waals surface area contributed by atoms with Crippen molar-refractivity contribution >= 4 is 43.4 Å². The van der Waals surface area contributed by atoms with E-state index in [1.54, 1.807) is 19.1 Å². The number of hydrogen-bond donors (Lipinski definition) is 3. The predicted octanol–water partition coefficient (Wildman–Crippen LogP) is 6.10. The van der Waals surface area contributed by atoms with Gasteiger partial charge < -0.3 is 29.9 Å². The summed E-state index contributed by atoms with van der Waals surface area (Å²) < 4.78 is 35.5. The number of aromatic amines is 1. The normalized spacial score (nSPS) is 22.4. The maximum Gasteiger partial charge on any atom is 0.273 e. The van der Waals surface area contributed by atoms with Gasteiger partial charge in [0.05, 0.1) is 30.5 Å². The van der Waals surface area contributed by atoms with Crippen LogP contribution in [0.25, 0.3) is 27.4 Å². The van der Waals surface area contributed by atoms with Crippen molar-refractivity contribution in [2.45, 2.75) is 93.7 Å². The van der Waals surface area contributed by atoms with Crippen molar-refractivity contribution in [2.24, 2.45) is 0 Å². The van der Waals surface area contributed by atoms with Crippen molar-refractivity contribution in [3.63, 3.8) is 0 Å². The number of nitrogens with one attached hydrogen (secondary N) is 2. The second-order valence-electron chi connectivity index (χ2n) is 17.8. The number of fused-ring (bicyclic) bond motifs is 2. The number of ether oxygens (including phenoxy) is 1. The first kappa shape index (κ1) is 41.3. The van der Waals surface area contributed by atoms with Crippen LogP contribution in [0.3, 0.4) is 0 Å². The number of rotatable bonds is 12. The van der Waals surface area contributed by atoms with Crippen molar-refractivity contribution in [1.82, 2.24) is 29.1 Å². The third-order valence-electron chi connectivity index (χ3n) is 13.9. The molecule has 5 aromatic rings. The maximum atomic E-state index is 14.4. The third-order valence-corrected chi connectivity index (χ3v) is 16.3. The fourth-order valence-corrected chi connectivity index (χ4v) is 11.4. The molecule has 3 N–H and O–H groups in total. The van der Waals surface area contributed by atoms with Crippen LogP contribution in [0.1, 0.15) is 82.5 Å². The van der Waals surface area contributed by atoms with Gasteiger partial charge in [0.2, 0.25) is 16.0 Å². The summed E-state index contributed by atoms with van der Waals surface area (Å²) >= 11 is 0. The minimum atomic E-state index is -4.05. The van der Waals surface area contributed by atoms with Crippen molar-refractivity contribution in [3.8, 4) is 12.3 Å². The average molecular weight is 842 g/mol. The minimum absolute atomic E-state index is 0.00724. The fraction of sp³-hybridized carbons (Fsp3) is 0.438. The smallest absolute Gasteiger partial charge is 0.273 e. The van der Waals surface area contributed by atoms with Crippen LogP contribution in [-0.2, 0) is 20.4 Å². The molecule has 12 nitrogen and oxygen atoms in total. The molecule has 0 spiro atoms. The van der Waals surface area contributed by atoms with E-state index in [1.165, 1.54) is 12.4 Å². The zero-order valence-electron chi connectivity index (χ0n) is 35.2. The number of allylic oxidation sites excluding steroid dienone is 3. The van der Waals surface area contributed by atoms with Gasteiger partial charge >= 0.3 is 0 Å². The molecule has 9 rings (SSSR count). The van der Waals surface area contributed by atoms with Gasteiger partial charge in [-0.05, 0) is 112 Å². The Balaban J connectivity index is 1.06. The Morgan fingerprint density at radius 1 is 1.02 bits per heavy atom. The highest BCUT2D eigenvalue weighted by Crippen LogP contribution is 2.44. The zero-order valence-corrected chi connectivity index (χ0v) is 36.0. The summed E-state index contributed by atoms with van der Waals surface area (Å²) in [6, 6.07) is 19.8. The van der Waals surface area contributed by atoms with Gasteiger partial charge in [-0.1, -0.05) is 54.5 Å². The minimum Gasteiger partial charge on any atom is -0.393 e. The van der Waals surface area contributed by atoms with E-state index in [1.807, 2.05) is 61.5 Å². The molecule has 1 saturated carbocycles. The molecule has 3 fully saturated rings. The summed E-state index contributed by atoms with van der Waals surface area (Å²) in [6.45, 7) is 9.81. The summed E-state index contributed by atoms with van der Waals surface area (Å²) in [6.07, 6.45) is 18.5. The lowest BCUT2D eigenvalue weighted by Gasteiger charge is -2.45. The maximum absolute atomic E-state index is 14.4. The van der Waals surface area contributed by atoms with Gasteiger partial charge in [-0.25, -0.2) is 22.4 Å². The Kier molecular flexibility index (Phi) is 10.8. The van der Waals surface area contributed by atoms with E-state index >= 15 is 0 Å². The lowest BCUT2D eigenvalue weighted by Crippen LogP contribution is -2.55. The molecule has 13 heteroatoms. The van der Waals surface area contributed by atoms with Gasteiger partial charge in [0.25, 0.3) is 5.56 Å². The van der Waals surface area contributed by atoms with E-state index in [4.69, 9.17) is 21.1 Å². The largest absolute Gasteiger partial charge is 0.393 e. The SMILES string of the molecule is C#CCNC1(C)CCN(C2CCN(c3nc(C(CO)(OC4CC4)c4ccccc4)c4cc(C5=CC[C@](C)(S(=O)(=O)n6ccc7cc[nH]c(=O)c76)C(C)=C5)ccc4n3)CC2)CC1. The van der Waals surface area contributed by atoms with Crippen molar-refractivity contribution < 1.29 is 18.3 Å². The number of likely N-dealkylation sites (tertiary alicyclic amines) is 1. The first-order valence-electron chi connectivity index (χ1n) is 21.6. The van der Waals surface area contributed by atoms with E-state index in [0.717, 1.165) is 96.3 Å². The highest BCUT2D eigenvalue weighted by atomic mass is 32.2. The number of piperidine rings is 2. The van der Waals surface area contributed by atoms with Crippen LogP contribution in [0.15, 0.2) is 95.6 Å². The van der Waals surface area contributed by atoms with Crippen LogP contribution in [0.2, 0.25) is 0 Å². The number of anilines is 1. The van der Waals surface area contributed by atoms with Gasteiger partial charge in [-0.3, -0.25) is 4.79 Å². The Hall–Kier alpha value is -5.10. The van der Waals surface area contributed by atoms with Gasteiger partial charge in [0.1, 0.15) is 10.3 Å². The highest BCUT2D eigenvalue weighted by Gasteiger charge is 2.46. The van der Waals surface area contributed by atoms with Gasteiger partial charge in [0.15, 0.2) is 5.60 Å². The Morgan fingerprint density at radius 3 is 2.46 bits per heavy atom. The number of hydrogen-bond acceptors (Lipinski definition) is 10. The Bertz CT molecular complexity index is 2740. The predicted molar refractivity (Wildman–Crippen MR) is 241 cm³/mol. The van der Waals surface area contributed by atoms with Crippen LogP contribution in [0, 0.1) is 12.3 Å². The van der Waals surface area contributed by atoms with Crippen LogP contribution >= 0.6 is 0 Å². The van der Waals surface area contributed by atoms with Gasteiger partial charge in [0, 0.05) is 60.9 Å². The van der Waals surface area contributed by atoms with E-state index < -0.39 is 25.9 Å². The molecule has 2 atom stereocenters.